The highest BCUT2D eigenvalue weighted by Gasteiger charge is 2.20. The number of rotatable bonds is 8. The highest BCUT2D eigenvalue weighted by atomic mass is 16.5. The van der Waals surface area contributed by atoms with E-state index in [0.717, 1.165) is 44.2 Å². The van der Waals surface area contributed by atoms with Gasteiger partial charge in [-0.15, -0.1) is 0 Å². The van der Waals surface area contributed by atoms with Crippen LogP contribution in [0.3, 0.4) is 0 Å². The summed E-state index contributed by atoms with van der Waals surface area (Å²) >= 11 is 0. The Balaban J connectivity index is 1.67. The fourth-order valence-corrected chi connectivity index (χ4v) is 3.39. The Labute approximate surface area is 178 Å². The molecule has 0 unspecified atom stereocenters. The Morgan fingerprint density at radius 1 is 1.10 bits per heavy atom. The molecule has 7 nitrogen and oxygen atoms in total. The van der Waals surface area contributed by atoms with Crippen LogP contribution in [0.25, 0.3) is 0 Å². The molecule has 1 fully saturated rings. The molecule has 0 amide bonds. The largest absolute Gasteiger partial charge is 0.478 e. The Bertz CT molecular complexity index is 833. The van der Waals surface area contributed by atoms with E-state index in [1.165, 1.54) is 5.69 Å². The van der Waals surface area contributed by atoms with Gasteiger partial charge >= 0.3 is 5.97 Å². The molecule has 1 aliphatic rings. The van der Waals surface area contributed by atoms with E-state index in [1.807, 2.05) is 19.1 Å². The number of nitrogens with one attached hydrogen (secondary N) is 1. The van der Waals surface area contributed by atoms with Crippen LogP contribution in [-0.4, -0.2) is 67.9 Å². The Morgan fingerprint density at radius 3 is 2.57 bits per heavy atom. The van der Waals surface area contributed by atoms with Crippen LogP contribution in [0.2, 0.25) is 0 Å². The molecule has 0 aromatic heterocycles. The lowest BCUT2D eigenvalue weighted by atomic mass is 10.2. The summed E-state index contributed by atoms with van der Waals surface area (Å²) in [5.41, 5.74) is 2.21. The van der Waals surface area contributed by atoms with Gasteiger partial charge in [-0.1, -0.05) is 24.3 Å². The summed E-state index contributed by atoms with van der Waals surface area (Å²) in [6.07, 6.45) is 0.845. The van der Waals surface area contributed by atoms with E-state index in [-0.39, 0.29) is 5.56 Å². The number of carboxylic acid groups (broad SMARTS) is 1. The predicted octanol–water partition coefficient (Wildman–Crippen LogP) is 3.40. The smallest absolute Gasteiger partial charge is 0.335 e. The number of nitrogens with zero attached hydrogens (tertiary/aromatic N) is 3. The molecule has 1 saturated heterocycles. The molecule has 0 bridgehead atoms. The van der Waals surface area contributed by atoms with E-state index in [9.17, 15) is 9.90 Å². The number of para-hydroxylation sites is 1. The van der Waals surface area contributed by atoms with E-state index >= 15 is 0 Å². The zero-order chi connectivity index (χ0) is 21.2. The molecule has 0 atom stereocenters. The number of carboxylic acids is 1. The van der Waals surface area contributed by atoms with Crippen LogP contribution in [0.15, 0.2) is 59.6 Å². The number of aromatic carboxylic acids is 1. The number of guanidine groups is 1. The van der Waals surface area contributed by atoms with Crippen LogP contribution in [0.5, 0.6) is 0 Å². The summed E-state index contributed by atoms with van der Waals surface area (Å²) in [4.78, 5) is 20.7. The fourth-order valence-electron chi connectivity index (χ4n) is 3.39. The number of benzene rings is 2. The second-order valence-electron chi connectivity index (χ2n) is 7.08. The van der Waals surface area contributed by atoms with Gasteiger partial charge in [0.25, 0.3) is 0 Å². The molecule has 1 heterocycles. The average molecular weight is 411 g/mol. The van der Waals surface area contributed by atoms with Crippen LogP contribution in [0.1, 0.15) is 23.7 Å². The van der Waals surface area contributed by atoms with E-state index in [0.29, 0.717) is 19.8 Å². The third-order valence-corrected chi connectivity index (χ3v) is 4.98. The van der Waals surface area contributed by atoms with Gasteiger partial charge in [0.2, 0.25) is 0 Å². The lowest BCUT2D eigenvalue weighted by Gasteiger charge is -2.37. The van der Waals surface area contributed by atoms with Gasteiger partial charge in [-0.2, -0.15) is 0 Å². The summed E-state index contributed by atoms with van der Waals surface area (Å²) in [6.45, 7) is 7.51. The van der Waals surface area contributed by atoms with Gasteiger partial charge in [0.1, 0.15) is 0 Å². The predicted molar refractivity (Wildman–Crippen MR) is 121 cm³/mol. The van der Waals surface area contributed by atoms with E-state index in [2.05, 4.69) is 39.4 Å². The number of anilines is 2. The molecule has 2 aromatic rings. The van der Waals surface area contributed by atoms with E-state index in [4.69, 9.17) is 9.73 Å². The molecule has 0 aliphatic carbocycles. The van der Waals surface area contributed by atoms with E-state index in [1.54, 1.807) is 18.2 Å². The minimum absolute atomic E-state index is 0.254. The Morgan fingerprint density at radius 2 is 1.87 bits per heavy atom. The summed E-state index contributed by atoms with van der Waals surface area (Å²) in [6, 6.07) is 17.2. The average Bonchev–Trinajstić information content (AvgIpc) is 2.79. The molecule has 3 rings (SSSR count). The van der Waals surface area contributed by atoms with Crippen molar-refractivity contribution in [3.63, 3.8) is 0 Å². The molecule has 30 heavy (non-hydrogen) atoms. The maximum atomic E-state index is 11.3. The fraction of sp³-hybridized carbons (Fsp3) is 0.391. The van der Waals surface area contributed by atoms with Crippen molar-refractivity contribution in [2.45, 2.75) is 13.3 Å². The van der Waals surface area contributed by atoms with Crippen LogP contribution in [0, 0.1) is 0 Å². The number of carbonyl (C=O) groups is 1. The highest BCUT2D eigenvalue weighted by molar-refractivity contribution is 5.96. The van der Waals surface area contributed by atoms with Gasteiger partial charge in [-0.3, -0.25) is 4.99 Å². The standard InChI is InChI=1S/C23H30N4O3/c1-2-30-17-7-12-24-23(25-20-9-6-8-19(18-20)22(28)29)27-15-13-26(14-16-27)21-10-4-3-5-11-21/h3-6,8-11,18H,2,7,12-17H2,1H3,(H,24,25)(H,28,29). The Hall–Kier alpha value is -3.06. The SMILES string of the molecule is CCOCCCN=C(Nc1cccc(C(=O)O)c1)N1CCN(c2ccccc2)CC1. The van der Waals surface area contributed by atoms with Crippen molar-refractivity contribution in [2.24, 2.45) is 4.99 Å². The molecular formula is C23H30N4O3. The first-order valence-corrected chi connectivity index (χ1v) is 10.4. The normalized spacial score (nSPS) is 14.6. The molecule has 160 valence electrons. The first-order valence-electron chi connectivity index (χ1n) is 10.4. The molecule has 7 heteroatoms. The maximum Gasteiger partial charge on any atom is 0.335 e. The zero-order valence-corrected chi connectivity index (χ0v) is 17.5. The van der Waals surface area contributed by atoms with Crippen molar-refractivity contribution in [1.82, 2.24) is 4.90 Å². The summed E-state index contributed by atoms with van der Waals surface area (Å²) in [5.74, 6) is -0.160. The molecule has 0 radical (unpaired) electrons. The minimum Gasteiger partial charge on any atom is -0.478 e. The van der Waals surface area contributed by atoms with Gasteiger partial charge in [0.05, 0.1) is 5.56 Å². The first kappa shape index (κ1) is 21.6. The second kappa shape index (κ2) is 11.2. The van der Waals surface area contributed by atoms with Crippen LogP contribution in [0.4, 0.5) is 11.4 Å². The number of hydrogen-bond donors (Lipinski definition) is 2. The highest BCUT2D eigenvalue weighted by Crippen LogP contribution is 2.17. The third kappa shape index (κ3) is 6.22. The molecule has 0 saturated carbocycles. The van der Waals surface area contributed by atoms with Gasteiger partial charge in [-0.25, -0.2) is 4.79 Å². The van der Waals surface area contributed by atoms with Crippen LogP contribution in [-0.2, 0) is 4.74 Å². The number of ether oxygens (including phenoxy) is 1. The van der Waals surface area contributed by atoms with Crippen molar-refractivity contribution in [1.29, 1.82) is 0 Å². The second-order valence-corrected chi connectivity index (χ2v) is 7.08. The Kier molecular flexibility index (Phi) is 8.09. The van der Waals surface area contributed by atoms with Gasteiger partial charge in [0, 0.05) is 57.3 Å². The molecule has 2 aromatic carbocycles. The third-order valence-electron chi connectivity index (χ3n) is 4.98. The molecular weight excluding hydrogens is 380 g/mol. The summed E-state index contributed by atoms with van der Waals surface area (Å²) in [7, 11) is 0. The minimum atomic E-state index is -0.940. The lowest BCUT2D eigenvalue weighted by Crippen LogP contribution is -2.50. The van der Waals surface area contributed by atoms with Crippen molar-refractivity contribution < 1.29 is 14.6 Å². The van der Waals surface area contributed by atoms with Gasteiger partial charge in [-0.05, 0) is 43.7 Å². The molecule has 1 aliphatic heterocycles. The van der Waals surface area contributed by atoms with Crippen LogP contribution >= 0.6 is 0 Å². The number of aliphatic imine (C=N–C) groups is 1. The molecule has 0 spiro atoms. The first-order chi connectivity index (χ1) is 14.7. The summed E-state index contributed by atoms with van der Waals surface area (Å²) < 4.78 is 5.41. The maximum absolute atomic E-state index is 11.3. The molecule has 2 N–H and O–H groups in total. The van der Waals surface area contributed by atoms with Crippen molar-refractivity contribution in [3.8, 4) is 0 Å². The quantitative estimate of drug-likeness (QED) is 0.395. The van der Waals surface area contributed by atoms with Crippen molar-refractivity contribution in [3.05, 3.63) is 60.2 Å². The summed E-state index contributed by atoms with van der Waals surface area (Å²) in [5, 5.41) is 12.6. The van der Waals surface area contributed by atoms with Gasteiger partial charge < -0.3 is 25.0 Å². The monoisotopic (exact) mass is 410 g/mol. The van der Waals surface area contributed by atoms with Crippen molar-refractivity contribution >= 4 is 23.3 Å². The zero-order valence-electron chi connectivity index (χ0n) is 17.5. The topological polar surface area (TPSA) is 77.4 Å². The van der Waals surface area contributed by atoms with Crippen LogP contribution < -0.4 is 10.2 Å². The number of piperazine rings is 1. The van der Waals surface area contributed by atoms with Crippen molar-refractivity contribution in [2.75, 3.05) is 56.2 Å². The lowest BCUT2D eigenvalue weighted by molar-refractivity contribution is 0.0697. The number of hydrogen-bond acceptors (Lipinski definition) is 4. The van der Waals surface area contributed by atoms with Gasteiger partial charge in [0.15, 0.2) is 5.96 Å². The van der Waals surface area contributed by atoms with E-state index < -0.39 is 5.97 Å².